The molecule has 156 valence electrons. The van der Waals surface area contributed by atoms with E-state index in [1.807, 2.05) is 36.4 Å². The van der Waals surface area contributed by atoms with Crippen LogP contribution in [0, 0.1) is 5.41 Å². The lowest BCUT2D eigenvalue weighted by atomic mass is 10.0. The minimum absolute atomic E-state index is 0.0504. The van der Waals surface area contributed by atoms with Crippen LogP contribution in [0.5, 0.6) is 11.5 Å². The number of benzene rings is 2. The van der Waals surface area contributed by atoms with Gasteiger partial charge in [0.25, 0.3) is 0 Å². The zero-order chi connectivity index (χ0) is 21.3. The minimum atomic E-state index is -0.481. The number of rotatable bonds is 6. The molecule has 1 fully saturated rings. The molecule has 2 aliphatic heterocycles. The monoisotopic (exact) mass is 406 g/mol. The van der Waals surface area contributed by atoms with Gasteiger partial charge in [-0.2, -0.15) is 0 Å². The number of nitrogens with zero attached hydrogens (tertiary/aromatic N) is 1. The summed E-state index contributed by atoms with van der Waals surface area (Å²) in [7, 11) is 3.16. The SMILES string of the molecule is COc1cc(OC)cc(N2C(=N)C(=C3Cc4ccccc4N3)C(=O)C2CCCN)c1. The second-order valence-electron chi connectivity index (χ2n) is 7.41. The number of amidine groups is 1. The lowest BCUT2D eigenvalue weighted by Crippen LogP contribution is -2.35. The lowest BCUT2D eigenvalue weighted by Gasteiger charge is -2.25. The van der Waals surface area contributed by atoms with Crippen molar-refractivity contribution in [3.63, 3.8) is 0 Å². The van der Waals surface area contributed by atoms with Crippen molar-refractivity contribution in [3.8, 4) is 11.5 Å². The number of methoxy groups -OCH3 is 2. The largest absolute Gasteiger partial charge is 0.497 e. The second kappa shape index (κ2) is 8.20. The van der Waals surface area contributed by atoms with E-state index in [1.54, 1.807) is 25.2 Å². The van der Waals surface area contributed by atoms with Crippen molar-refractivity contribution in [1.29, 1.82) is 5.41 Å². The van der Waals surface area contributed by atoms with Gasteiger partial charge in [0.15, 0.2) is 5.78 Å². The number of fused-ring (bicyclic) bond motifs is 1. The molecule has 4 N–H and O–H groups in total. The Morgan fingerprint density at radius 2 is 1.87 bits per heavy atom. The summed E-state index contributed by atoms with van der Waals surface area (Å²) in [5, 5.41) is 12.3. The number of nitrogens with one attached hydrogen (secondary N) is 2. The van der Waals surface area contributed by atoms with E-state index in [4.69, 9.17) is 20.6 Å². The Balaban J connectivity index is 1.78. The number of carbonyl (C=O) groups is 1. The molecule has 0 spiro atoms. The van der Waals surface area contributed by atoms with Crippen LogP contribution >= 0.6 is 0 Å². The molecule has 30 heavy (non-hydrogen) atoms. The fourth-order valence-electron chi connectivity index (χ4n) is 4.12. The quantitative estimate of drug-likeness (QED) is 0.638. The summed E-state index contributed by atoms with van der Waals surface area (Å²) in [4.78, 5) is 15.2. The highest BCUT2D eigenvalue weighted by Gasteiger charge is 2.43. The number of anilines is 2. The summed E-state index contributed by atoms with van der Waals surface area (Å²) in [6, 6.07) is 12.9. The van der Waals surface area contributed by atoms with Crippen molar-refractivity contribution >= 4 is 23.0 Å². The Labute approximate surface area is 176 Å². The zero-order valence-corrected chi connectivity index (χ0v) is 17.2. The Kier molecular flexibility index (Phi) is 5.46. The van der Waals surface area contributed by atoms with E-state index in [2.05, 4.69) is 5.32 Å². The van der Waals surface area contributed by atoms with Crippen LogP contribution in [0.3, 0.4) is 0 Å². The first-order valence-electron chi connectivity index (χ1n) is 10.0. The van der Waals surface area contributed by atoms with E-state index in [0.717, 1.165) is 16.9 Å². The molecule has 2 aromatic rings. The normalized spacial score (nSPS) is 20.4. The number of Topliss-reactive ketones (excluding diaryl/α,β-unsaturated/α-hetero) is 1. The third kappa shape index (κ3) is 3.41. The van der Waals surface area contributed by atoms with Gasteiger partial charge in [-0.3, -0.25) is 10.2 Å². The fraction of sp³-hybridized carbons (Fsp3) is 0.304. The third-order valence-electron chi connectivity index (χ3n) is 5.61. The van der Waals surface area contributed by atoms with Crippen molar-refractivity contribution in [2.24, 2.45) is 5.73 Å². The molecule has 0 aromatic heterocycles. The molecule has 0 saturated carbocycles. The summed E-state index contributed by atoms with van der Waals surface area (Å²) < 4.78 is 10.8. The van der Waals surface area contributed by atoms with Gasteiger partial charge < -0.3 is 25.4 Å². The molecular formula is C23H26N4O3. The summed E-state index contributed by atoms with van der Waals surface area (Å²) in [6.07, 6.45) is 1.87. The molecule has 2 aliphatic rings. The highest BCUT2D eigenvalue weighted by molar-refractivity contribution is 6.35. The number of allylic oxidation sites excluding steroid dienone is 1. The fourth-order valence-corrected chi connectivity index (χ4v) is 4.12. The van der Waals surface area contributed by atoms with Gasteiger partial charge in [-0.25, -0.2) is 0 Å². The van der Waals surface area contributed by atoms with Gasteiger partial charge >= 0.3 is 0 Å². The maximum atomic E-state index is 13.5. The average Bonchev–Trinajstić information content (AvgIpc) is 3.29. The zero-order valence-electron chi connectivity index (χ0n) is 17.2. The molecular weight excluding hydrogens is 380 g/mol. The van der Waals surface area contributed by atoms with E-state index in [0.29, 0.717) is 48.6 Å². The van der Waals surface area contributed by atoms with Gasteiger partial charge in [-0.15, -0.1) is 0 Å². The van der Waals surface area contributed by atoms with Gasteiger partial charge in [-0.1, -0.05) is 18.2 Å². The van der Waals surface area contributed by atoms with Crippen molar-refractivity contribution in [3.05, 3.63) is 59.3 Å². The molecule has 4 rings (SSSR count). The Hall–Kier alpha value is -3.32. The van der Waals surface area contributed by atoms with Crippen LogP contribution in [0.4, 0.5) is 11.4 Å². The van der Waals surface area contributed by atoms with Crippen LogP contribution in [0.25, 0.3) is 0 Å². The van der Waals surface area contributed by atoms with Crippen LogP contribution in [0.15, 0.2) is 53.7 Å². The topological polar surface area (TPSA) is 101 Å². The Bertz CT molecular complexity index is 982. The molecule has 0 aliphatic carbocycles. The first kappa shape index (κ1) is 20.0. The standard InChI is InChI=1S/C23H26N4O3/c1-29-16-11-15(12-17(13-16)30-2)27-20(8-5-9-24)22(28)21(23(27)25)19-10-14-6-3-4-7-18(14)26-19/h3-4,6-7,11-13,20,25-26H,5,8-10,24H2,1-2H3. The Morgan fingerprint density at radius 1 is 1.17 bits per heavy atom. The number of ether oxygens (including phenoxy) is 2. The first-order chi connectivity index (χ1) is 14.6. The average molecular weight is 406 g/mol. The van der Waals surface area contributed by atoms with E-state index in [9.17, 15) is 4.79 Å². The Morgan fingerprint density at radius 3 is 2.50 bits per heavy atom. The molecule has 2 heterocycles. The minimum Gasteiger partial charge on any atom is -0.497 e. The van der Waals surface area contributed by atoms with E-state index >= 15 is 0 Å². The molecule has 1 unspecified atom stereocenters. The van der Waals surface area contributed by atoms with Gasteiger partial charge in [0.05, 0.1) is 31.5 Å². The van der Waals surface area contributed by atoms with Crippen LogP contribution in [-0.2, 0) is 11.2 Å². The number of carbonyl (C=O) groups excluding carboxylic acids is 1. The maximum absolute atomic E-state index is 13.5. The number of hydrogen-bond donors (Lipinski definition) is 3. The summed E-state index contributed by atoms with van der Waals surface area (Å²) in [6.45, 7) is 0.488. The first-order valence-corrected chi connectivity index (χ1v) is 10.0. The summed E-state index contributed by atoms with van der Waals surface area (Å²) in [5.41, 5.74) is 9.75. The number of hydrogen-bond acceptors (Lipinski definition) is 6. The van der Waals surface area contributed by atoms with Crippen LogP contribution in [0.2, 0.25) is 0 Å². The van der Waals surface area contributed by atoms with Gasteiger partial charge in [0.2, 0.25) is 0 Å². The smallest absolute Gasteiger partial charge is 0.191 e. The highest BCUT2D eigenvalue weighted by atomic mass is 16.5. The van der Waals surface area contributed by atoms with Crippen molar-refractivity contribution in [2.45, 2.75) is 25.3 Å². The van der Waals surface area contributed by atoms with Crippen LogP contribution in [0.1, 0.15) is 18.4 Å². The number of nitrogens with two attached hydrogens (primary N) is 1. The molecule has 0 radical (unpaired) electrons. The van der Waals surface area contributed by atoms with Crippen molar-refractivity contribution in [1.82, 2.24) is 0 Å². The van der Waals surface area contributed by atoms with Gasteiger partial charge in [-0.05, 0) is 31.0 Å². The molecule has 7 nitrogen and oxygen atoms in total. The van der Waals surface area contributed by atoms with Crippen LogP contribution in [-0.4, -0.2) is 38.4 Å². The molecule has 0 bridgehead atoms. The van der Waals surface area contributed by atoms with Crippen molar-refractivity contribution in [2.75, 3.05) is 31.0 Å². The second-order valence-corrected chi connectivity index (χ2v) is 7.41. The molecule has 0 amide bonds. The lowest BCUT2D eigenvalue weighted by molar-refractivity contribution is -0.115. The highest BCUT2D eigenvalue weighted by Crippen LogP contribution is 2.38. The van der Waals surface area contributed by atoms with Crippen molar-refractivity contribution < 1.29 is 14.3 Å². The molecule has 1 atom stereocenters. The van der Waals surface area contributed by atoms with E-state index in [1.165, 1.54) is 0 Å². The number of ketones is 1. The van der Waals surface area contributed by atoms with E-state index < -0.39 is 6.04 Å². The summed E-state index contributed by atoms with van der Waals surface area (Å²) in [5.74, 6) is 1.35. The van der Waals surface area contributed by atoms with Gasteiger partial charge in [0, 0.05) is 36.0 Å². The third-order valence-corrected chi connectivity index (χ3v) is 5.61. The molecule has 1 saturated heterocycles. The predicted octanol–water partition coefficient (Wildman–Crippen LogP) is 3.10. The summed E-state index contributed by atoms with van der Waals surface area (Å²) >= 11 is 0. The predicted molar refractivity (Wildman–Crippen MR) is 118 cm³/mol. The van der Waals surface area contributed by atoms with Crippen LogP contribution < -0.4 is 25.4 Å². The number of para-hydroxylation sites is 1. The molecule has 2 aromatic carbocycles. The van der Waals surface area contributed by atoms with E-state index in [-0.39, 0.29) is 11.6 Å². The van der Waals surface area contributed by atoms with Gasteiger partial charge in [0.1, 0.15) is 17.3 Å². The maximum Gasteiger partial charge on any atom is 0.191 e. The molecule has 7 heteroatoms.